The lowest BCUT2D eigenvalue weighted by Crippen LogP contribution is -2.19. The number of amides is 2. The maximum absolute atomic E-state index is 11.9. The zero-order valence-corrected chi connectivity index (χ0v) is 18.9. The molecule has 2 amide bonds. The van der Waals surface area contributed by atoms with Gasteiger partial charge >= 0.3 is 6.03 Å². The van der Waals surface area contributed by atoms with Crippen molar-refractivity contribution in [3.63, 3.8) is 0 Å². The minimum atomic E-state index is -4.85. The van der Waals surface area contributed by atoms with Crippen LogP contribution in [0.1, 0.15) is 5.56 Å². The molecule has 0 saturated heterocycles. The van der Waals surface area contributed by atoms with Crippen LogP contribution in [0, 0.1) is 6.92 Å². The highest BCUT2D eigenvalue weighted by Crippen LogP contribution is 2.35. The van der Waals surface area contributed by atoms with E-state index in [1.165, 1.54) is 12.1 Å². The summed E-state index contributed by atoms with van der Waals surface area (Å²) in [5, 5.41) is 13.6. The largest absolute Gasteiger partial charge is 0.388 e. The van der Waals surface area contributed by atoms with Gasteiger partial charge in [-0.15, -0.1) is 5.11 Å². The summed E-state index contributed by atoms with van der Waals surface area (Å²) in [7, 11) is -7.90. The first-order valence-electron chi connectivity index (χ1n) is 9.13. The van der Waals surface area contributed by atoms with Gasteiger partial charge in [0, 0.05) is 18.1 Å². The lowest BCUT2D eigenvalue weighted by molar-refractivity contribution is 0.259. The monoisotopic (exact) mass is 493 g/mol. The summed E-state index contributed by atoms with van der Waals surface area (Å²) < 4.78 is 65.7. The maximum Gasteiger partial charge on any atom is 0.316 e. The van der Waals surface area contributed by atoms with Crippen molar-refractivity contribution >= 4 is 59.8 Å². The molecule has 6 N–H and O–H groups in total. The zero-order chi connectivity index (χ0) is 24.6. The molecule has 0 aliphatic carbocycles. The van der Waals surface area contributed by atoms with Gasteiger partial charge in [0.2, 0.25) is 0 Å². The predicted octanol–water partition coefficient (Wildman–Crippen LogP) is 3.59. The minimum absolute atomic E-state index is 0.0366. The first-order valence-corrected chi connectivity index (χ1v) is 12.0. The number of nitrogens with two attached hydrogens (primary N) is 1. The van der Waals surface area contributed by atoms with Gasteiger partial charge in [0.05, 0.1) is 16.3 Å². The Bertz CT molecular complexity index is 1520. The van der Waals surface area contributed by atoms with Gasteiger partial charge < -0.3 is 16.4 Å². The summed E-state index contributed by atoms with van der Waals surface area (Å²) in [6.45, 7) is 1.62. The van der Waals surface area contributed by atoms with E-state index in [9.17, 15) is 30.7 Å². The predicted molar refractivity (Wildman–Crippen MR) is 122 cm³/mol. The van der Waals surface area contributed by atoms with Crippen molar-refractivity contribution in [2.45, 2.75) is 16.7 Å². The van der Waals surface area contributed by atoms with E-state index < -0.39 is 36.1 Å². The van der Waals surface area contributed by atoms with Crippen LogP contribution in [-0.4, -0.2) is 39.0 Å². The molecule has 0 bridgehead atoms. The molecule has 0 aromatic heterocycles. The fourth-order valence-electron chi connectivity index (χ4n) is 3.04. The molecule has 3 aromatic rings. The Morgan fingerprint density at radius 1 is 0.939 bits per heavy atom. The third-order valence-electron chi connectivity index (χ3n) is 4.59. The van der Waals surface area contributed by atoms with Gasteiger partial charge in [-0.25, -0.2) is 4.79 Å². The van der Waals surface area contributed by atoms with Crippen molar-refractivity contribution in [3.05, 3.63) is 48.0 Å². The average molecular weight is 494 g/mol. The number of fused-ring (bicyclic) bond motifs is 1. The third-order valence-corrected chi connectivity index (χ3v) is 6.31. The number of primary amides is 1. The molecule has 33 heavy (non-hydrogen) atoms. The average Bonchev–Trinajstić information content (AvgIpc) is 2.70. The topological polar surface area (TPSA) is 201 Å². The molecule has 0 atom stereocenters. The Labute approximate surface area is 189 Å². The first kappa shape index (κ1) is 24.1. The van der Waals surface area contributed by atoms with E-state index in [2.05, 4.69) is 20.9 Å². The molecule has 0 aliphatic rings. The molecule has 0 aliphatic heterocycles. The number of nitrogens with zero attached hydrogens (tertiary/aromatic N) is 2. The van der Waals surface area contributed by atoms with Gasteiger partial charge in [-0.3, -0.25) is 9.11 Å². The lowest BCUT2D eigenvalue weighted by atomic mass is 10.1. The Morgan fingerprint density at radius 3 is 2.18 bits per heavy atom. The summed E-state index contributed by atoms with van der Waals surface area (Å²) >= 11 is 0. The molecule has 0 unspecified atom stereocenters. The number of urea groups is 1. The van der Waals surface area contributed by atoms with Gasteiger partial charge in [0.15, 0.2) is 0 Å². The number of azo groups is 1. The van der Waals surface area contributed by atoms with E-state index in [1.807, 2.05) is 0 Å². The van der Waals surface area contributed by atoms with Crippen LogP contribution in [-0.2, 0) is 20.2 Å². The molecule has 174 valence electrons. The maximum atomic E-state index is 11.9. The SMILES string of the molecule is CNc1ccc(N=Nc2cc3c(S(=O)(=O)O)cc(S(=O)(=O)O)cc3cc2C)c(NC(N)=O)c1. The summed E-state index contributed by atoms with van der Waals surface area (Å²) in [5.74, 6) is 0. The Hall–Kier alpha value is -3.59. The second kappa shape index (κ2) is 8.74. The van der Waals surface area contributed by atoms with Crippen LogP contribution in [0.25, 0.3) is 10.8 Å². The minimum Gasteiger partial charge on any atom is -0.388 e. The molecular weight excluding hydrogens is 474 g/mol. The highest BCUT2D eigenvalue weighted by Gasteiger charge is 2.21. The van der Waals surface area contributed by atoms with Crippen molar-refractivity contribution in [2.75, 3.05) is 17.7 Å². The molecule has 0 spiro atoms. The third kappa shape index (κ3) is 5.43. The van der Waals surface area contributed by atoms with Crippen LogP contribution >= 0.6 is 0 Å². The Kier molecular flexibility index (Phi) is 6.37. The van der Waals surface area contributed by atoms with Gasteiger partial charge in [-0.1, -0.05) is 0 Å². The van der Waals surface area contributed by atoms with E-state index in [0.29, 0.717) is 17.3 Å². The second-order valence-electron chi connectivity index (χ2n) is 6.90. The van der Waals surface area contributed by atoms with Gasteiger partial charge in [-0.2, -0.15) is 21.9 Å². The molecule has 0 saturated carbocycles. The van der Waals surface area contributed by atoms with Crippen molar-refractivity contribution in [1.29, 1.82) is 0 Å². The quantitative estimate of drug-likeness (QED) is 0.253. The van der Waals surface area contributed by atoms with Gasteiger partial charge in [0.1, 0.15) is 10.6 Å². The van der Waals surface area contributed by atoms with E-state index in [1.54, 1.807) is 32.2 Å². The van der Waals surface area contributed by atoms with Gasteiger partial charge in [-0.05, 0) is 60.3 Å². The molecule has 0 radical (unpaired) electrons. The van der Waals surface area contributed by atoms with Crippen LogP contribution in [0.3, 0.4) is 0 Å². The van der Waals surface area contributed by atoms with Crippen LogP contribution in [0.4, 0.5) is 27.5 Å². The standard InChI is InChI=1S/C19H19N5O7S2/c1-10-5-11-6-13(32(26,27)28)8-18(33(29,30)31)14(11)9-16(10)24-23-15-4-3-12(21-2)7-17(15)22-19(20)25/h3-9,21H,1-2H3,(H3,20,22,25)(H,26,27,28)(H,29,30,31). The first-order chi connectivity index (χ1) is 15.3. The van der Waals surface area contributed by atoms with E-state index in [0.717, 1.165) is 6.07 Å². The molecule has 12 nitrogen and oxygen atoms in total. The molecule has 14 heteroatoms. The molecule has 3 rings (SSSR count). The fraction of sp³-hybridized carbons (Fsp3) is 0.105. The number of rotatable bonds is 6. The van der Waals surface area contributed by atoms with Gasteiger partial charge in [0.25, 0.3) is 20.2 Å². The van der Waals surface area contributed by atoms with Crippen molar-refractivity contribution in [3.8, 4) is 0 Å². The number of carbonyl (C=O) groups is 1. The van der Waals surface area contributed by atoms with Crippen molar-refractivity contribution in [2.24, 2.45) is 16.0 Å². The zero-order valence-electron chi connectivity index (χ0n) is 17.3. The van der Waals surface area contributed by atoms with E-state index in [-0.39, 0.29) is 27.8 Å². The van der Waals surface area contributed by atoms with E-state index in [4.69, 9.17) is 5.73 Å². The van der Waals surface area contributed by atoms with Crippen molar-refractivity contribution in [1.82, 2.24) is 0 Å². The highest BCUT2D eigenvalue weighted by molar-refractivity contribution is 7.86. The Balaban J connectivity index is 2.19. The van der Waals surface area contributed by atoms with Crippen LogP contribution in [0.15, 0.2) is 62.5 Å². The Morgan fingerprint density at radius 2 is 1.61 bits per heavy atom. The molecule has 3 aromatic carbocycles. The molecule has 0 fully saturated rings. The molecular formula is C19H19N5O7S2. The number of nitrogens with one attached hydrogen (secondary N) is 2. The number of anilines is 2. The highest BCUT2D eigenvalue weighted by atomic mass is 32.2. The van der Waals surface area contributed by atoms with Crippen LogP contribution in [0.2, 0.25) is 0 Å². The number of aryl methyl sites for hydroxylation is 1. The smallest absolute Gasteiger partial charge is 0.316 e. The second-order valence-corrected chi connectivity index (χ2v) is 9.71. The van der Waals surface area contributed by atoms with Crippen LogP contribution in [0.5, 0.6) is 0 Å². The summed E-state index contributed by atoms with van der Waals surface area (Å²) in [6.07, 6.45) is 0. The lowest BCUT2D eigenvalue weighted by Gasteiger charge is -2.10. The number of hydrogen-bond donors (Lipinski definition) is 5. The normalized spacial score (nSPS) is 12.2. The summed E-state index contributed by atoms with van der Waals surface area (Å²) in [5.41, 5.74) is 7.08. The number of hydrogen-bond acceptors (Lipinski definition) is 8. The summed E-state index contributed by atoms with van der Waals surface area (Å²) in [6, 6.07) is 8.47. The fourth-order valence-corrected chi connectivity index (χ4v) is 4.39. The van der Waals surface area contributed by atoms with Crippen LogP contribution < -0.4 is 16.4 Å². The van der Waals surface area contributed by atoms with Crippen molar-refractivity contribution < 1.29 is 30.7 Å². The number of carbonyl (C=O) groups excluding carboxylic acids is 1. The number of benzene rings is 3. The van der Waals surface area contributed by atoms with E-state index >= 15 is 0 Å². The molecule has 0 heterocycles. The summed E-state index contributed by atoms with van der Waals surface area (Å²) in [4.78, 5) is 9.89.